The second-order valence-electron chi connectivity index (χ2n) is 8.15. The summed E-state index contributed by atoms with van der Waals surface area (Å²) in [6, 6.07) is 7.45. The Kier molecular flexibility index (Phi) is 5.73. The van der Waals surface area contributed by atoms with Crippen LogP contribution in [-0.4, -0.2) is 47.7 Å². The molecule has 0 atom stereocenters. The Morgan fingerprint density at radius 2 is 1.90 bits per heavy atom. The fraction of sp³-hybridized carbons (Fsp3) is 0.391. The first kappa shape index (κ1) is 21.0. The predicted molar refractivity (Wildman–Crippen MR) is 120 cm³/mol. The summed E-state index contributed by atoms with van der Waals surface area (Å²) in [4.78, 5) is 27.9. The molecule has 0 bridgehead atoms. The van der Waals surface area contributed by atoms with E-state index in [-0.39, 0.29) is 17.5 Å². The molecule has 31 heavy (non-hydrogen) atoms. The molecule has 1 aromatic heterocycles. The summed E-state index contributed by atoms with van der Waals surface area (Å²) < 4.78 is 6.94. The van der Waals surface area contributed by atoms with Gasteiger partial charge in [-0.1, -0.05) is 6.07 Å². The lowest BCUT2D eigenvalue weighted by molar-refractivity contribution is 0.0624. The van der Waals surface area contributed by atoms with Crippen molar-refractivity contribution in [2.45, 2.75) is 25.8 Å². The van der Waals surface area contributed by atoms with Crippen molar-refractivity contribution < 1.29 is 9.53 Å². The molecule has 0 radical (unpaired) electrons. The SMILES string of the molecule is Cc1ccc(C(=O)NC2CC2)cc1-c1cc(=C/N)/c(=C(\N)N2CCOCC2)n(C)c1=O. The highest BCUT2D eigenvalue weighted by molar-refractivity contribution is 5.96. The maximum absolute atomic E-state index is 13.4. The number of benzene rings is 1. The van der Waals surface area contributed by atoms with E-state index in [4.69, 9.17) is 16.2 Å². The number of nitrogens with zero attached hydrogens (tertiary/aromatic N) is 2. The highest BCUT2D eigenvalue weighted by Crippen LogP contribution is 2.23. The number of aryl methyl sites for hydroxylation is 1. The quantitative estimate of drug-likeness (QED) is 0.599. The number of hydrogen-bond donors (Lipinski definition) is 3. The van der Waals surface area contributed by atoms with Gasteiger partial charge in [0.1, 0.15) is 5.82 Å². The second kappa shape index (κ2) is 8.47. The van der Waals surface area contributed by atoms with Crippen molar-refractivity contribution in [3.05, 3.63) is 56.3 Å². The number of nitrogens with one attached hydrogen (secondary N) is 1. The normalized spacial score (nSPS) is 18.1. The molecule has 8 heteroatoms. The monoisotopic (exact) mass is 423 g/mol. The Bertz CT molecular complexity index is 1190. The molecule has 2 aromatic rings. The highest BCUT2D eigenvalue weighted by atomic mass is 16.5. The molecule has 0 spiro atoms. The first-order chi connectivity index (χ1) is 14.9. The van der Waals surface area contributed by atoms with Crippen LogP contribution >= 0.6 is 0 Å². The number of nitrogens with two attached hydrogens (primary N) is 2. The van der Waals surface area contributed by atoms with E-state index >= 15 is 0 Å². The maximum Gasteiger partial charge on any atom is 0.258 e. The van der Waals surface area contributed by atoms with Crippen molar-refractivity contribution >= 4 is 17.9 Å². The lowest BCUT2D eigenvalue weighted by atomic mass is 9.98. The van der Waals surface area contributed by atoms with Crippen molar-refractivity contribution in [2.24, 2.45) is 18.5 Å². The van der Waals surface area contributed by atoms with Crippen molar-refractivity contribution in [1.82, 2.24) is 14.8 Å². The Morgan fingerprint density at radius 1 is 1.19 bits per heavy atom. The van der Waals surface area contributed by atoms with Crippen LogP contribution in [0.15, 0.2) is 29.1 Å². The zero-order valence-electron chi connectivity index (χ0n) is 18.0. The fourth-order valence-electron chi connectivity index (χ4n) is 3.91. The summed E-state index contributed by atoms with van der Waals surface area (Å²) in [6.45, 7) is 4.41. The molecule has 0 unspecified atom stereocenters. The number of carbonyl (C=O) groups is 1. The molecule has 1 aromatic carbocycles. The minimum absolute atomic E-state index is 0.118. The molecule has 1 aliphatic carbocycles. The number of morpholine rings is 1. The van der Waals surface area contributed by atoms with Gasteiger partial charge in [-0.05, 0) is 49.1 Å². The third-order valence-corrected chi connectivity index (χ3v) is 5.92. The van der Waals surface area contributed by atoms with Crippen molar-refractivity contribution in [1.29, 1.82) is 0 Å². The van der Waals surface area contributed by atoms with Gasteiger partial charge in [-0.2, -0.15) is 0 Å². The van der Waals surface area contributed by atoms with Crippen LogP contribution in [0, 0.1) is 6.92 Å². The van der Waals surface area contributed by atoms with E-state index < -0.39 is 0 Å². The van der Waals surface area contributed by atoms with Gasteiger partial charge in [0, 0.05) is 48.7 Å². The molecule has 2 fully saturated rings. The molecular weight excluding hydrogens is 394 g/mol. The largest absolute Gasteiger partial charge is 0.404 e. The average molecular weight is 424 g/mol. The van der Waals surface area contributed by atoms with Gasteiger partial charge in [0.25, 0.3) is 11.5 Å². The van der Waals surface area contributed by atoms with Crippen LogP contribution in [0.3, 0.4) is 0 Å². The van der Waals surface area contributed by atoms with Gasteiger partial charge >= 0.3 is 0 Å². The number of rotatable bonds is 4. The van der Waals surface area contributed by atoms with E-state index in [0.717, 1.165) is 18.4 Å². The number of ether oxygens (including phenoxy) is 1. The van der Waals surface area contributed by atoms with E-state index in [1.165, 1.54) is 10.8 Å². The highest BCUT2D eigenvalue weighted by Gasteiger charge is 2.24. The van der Waals surface area contributed by atoms with Crippen LogP contribution in [0.2, 0.25) is 0 Å². The smallest absolute Gasteiger partial charge is 0.258 e. The van der Waals surface area contributed by atoms with Gasteiger partial charge in [0.15, 0.2) is 0 Å². The first-order valence-electron chi connectivity index (χ1n) is 10.6. The zero-order chi connectivity index (χ0) is 22.1. The van der Waals surface area contributed by atoms with E-state index in [9.17, 15) is 9.59 Å². The molecule has 1 saturated heterocycles. The van der Waals surface area contributed by atoms with E-state index in [1.807, 2.05) is 17.9 Å². The van der Waals surface area contributed by atoms with Gasteiger partial charge in [-0.25, -0.2) is 0 Å². The van der Waals surface area contributed by atoms with Crippen molar-refractivity contribution in [3.63, 3.8) is 0 Å². The van der Waals surface area contributed by atoms with Gasteiger partial charge < -0.3 is 31.0 Å². The second-order valence-corrected chi connectivity index (χ2v) is 8.15. The summed E-state index contributed by atoms with van der Waals surface area (Å²) in [5, 5.41) is 4.24. The average Bonchev–Trinajstić information content (AvgIpc) is 3.60. The Hall–Kier alpha value is -3.26. The van der Waals surface area contributed by atoms with Crippen molar-refractivity contribution in [3.8, 4) is 11.1 Å². The number of hydrogen-bond acceptors (Lipinski definition) is 6. The van der Waals surface area contributed by atoms with E-state index in [2.05, 4.69) is 5.32 Å². The minimum atomic E-state index is -0.195. The summed E-state index contributed by atoms with van der Waals surface area (Å²) in [7, 11) is 1.69. The van der Waals surface area contributed by atoms with Crippen LogP contribution in [0.4, 0.5) is 0 Å². The van der Waals surface area contributed by atoms with Gasteiger partial charge in [-0.3, -0.25) is 9.59 Å². The van der Waals surface area contributed by atoms with Crippen LogP contribution in [0.1, 0.15) is 28.8 Å². The molecular formula is C23H29N5O3. The van der Waals surface area contributed by atoms with Crippen LogP contribution in [0.25, 0.3) is 23.1 Å². The molecule has 2 aliphatic rings. The molecule has 5 N–H and O–H groups in total. The fourth-order valence-corrected chi connectivity index (χ4v) is 3.91. The number of carbonyl (C=O) groups excluding carboxylic acids is 1. The van der Waals surface area contributed by atoms with Gasteiger partial charge in [0.05, 0.1) is 18.6 Å². The summed E-state index contributed by atoms with van der Waals surface area (Å²) in [6.07, 6.45) is 3.50. The van der Waals surface area contributed by atoms with E-state index in [1.54, 1.807) is 25.2 Å². The standard InChI is InChI=1S/C23H29N5O3/c1-14-3-4-15(22(29)26-17-5-6-17)11-18(14)19-12-16(13-24)20(27(2)23(19)30)21(25)28-7-9-31-10-8-28/h3-4,11-13,17H,5-10,24-25H2,1-2H3,(H,26,29)/b16-13-,21-20-. The Balaban J connectivity index is 1.85. The molecule has 4 rings (SSSR count). The molecule has 1 saturated carbocycles. The Morgan fingerprint density at radius 3 is 2.55 bits per heavy atom. The van der Waals surface area contributed by atoms with E-state index in [0.29, 0.717) is 59.4 Å². The Labute approximate surface area is 180 Å². The van der Waals surface area contributed by atoms with Crippen molar-refractivity contribution in [2.75, 3.05) is 26.3 Å². The third kappa shape index (κ3) is 4.16. The predicted octanol–water partition coefficient (Wildman–Crippen LogP) is -0.694. The zero-order valence-corrected chi connectivity index (χ0v) is 18.0. The maximum atomic E-state index is 13.4. The summed E-state index contributed by atoms with van der Waals surface area (Å²) >= 11 is 0. The third-order valence-electron chi connectivity index (χ3n) is 5.92. The number of aromatic nitrogens is 1. The molecule has 1 aliphatic heterocycles. The topological polar surface area (TPSA) is 116 Å². The first-order valence-corrected chi connectivity index (χ1v) is 10.6. The number of pyridine rings is 1. The lowest BCUT2D eigenvalue weighted by Gasteiger charge is -2.29. The van der Waals surface area contributed by atoms with Crippen LogP contribution in [-0.2, 0) is 11.8 Å². The summed E-state index contributed by atoms with van der Waals surface area (Å²) in [5.74, 6) is 0.383. The number of amides is 1. The van der Waals surface area contributed by atoms with Crippen LogP contribution in [0.5, 0.6) is 0 Å². The van der Waals surface area contributed by atoms with Gasteiger partial charge in [-0.15, -0.1) is 0 Å². The molecule has 8 nitrogen and oxygen atoms in total. The molecule has 164 valence electrons. The minimum Gasteiger partial charge on any atom is -0.404 e. The van der Waals surface area contributed by atoms with Gasteiger partial charge in [0.2, 0.25) is 0 Å². The lowest BCUT2D eigenvalue weighted by Crippen LogP contribution is -2.50. The molecule has 1 amide bonds. The van der Waals surface area contributed by atoms with Crippen LogP contribution < -0.4 is 32.9 Å². The molecule has 2 heterocycles. The summed E-state index contributed by atoms with van der Waals surface area (Å²) in [5.41, 5.74) is 14.8.